The molecule has 0 aliphatic carbocycles. The molecule has 0 saturated carbocycles. The third-order valence-corrected chi connectivity index (χ3v) is 7.89. The number of halogens is 2. The molecule has 1 aromatic heterocycles. The van der Waals surface area contributed by atoms with Gasteiger partial charge in [0.1, 0.15) is 16.2 Å². The van der Waals surface area contributed by atoms with Crippen molar-refractivity contribution in [2.75, 3.05) is 33.3 Å². The molecular formula is C21H20Cl2N2O5S. The second-order valence-corrected chi connectivity index (χ2v) is 9.96. The summed E-state index contributed by atoms with van der Waals surface area (Å²) in [5, 5.41) is 1.28. The molecule has 10 heteroatoms. The van der Waals surface area contributed by atoms with E-state index >= 15 is 0 Å². The smallest absolute Gasteiger partial charge is 0.336 e. The molecule has 7 nitrogen and oxygen atoms in total. The van der Waals surface area contributed by atoms with Crippen molar-refractivity contribution in [1.82, 2.24) is 9.21 Å². The standard InChI is InChI=1S/C21H20Cl2N2O5S/c1-29-16-3-4-17-14(10-21(26)30-19(17)12-16)13-24-6-8-25(9-7-24)31(27,28)20-11-15(22)2-5-18(20)23/h2-5,10-12H,6-9,13H2,1H3. The van der Waals surface area contributed by atoms with Crippen LogP contribution in [0.4, 0.5) is 0 Å². The van der Waals surface area contributed by atoms with Crippen LogP contribution >= 0.6 is 23.2 Å². The van der Waals surface area contributed by atoms with Crippen molar-refractivity contribution in [2.45, 2.75) is 11.4 Å². The van der Waals surface area contributed by atoms with Crippen LogP contribution in [0.15, 0.2) is 56.6 Å². The molecule has 0 bridgehead atoms. The van der Waals surface area contributed by atoms with E-state index in [-0.39, 0.29) is 9.92 Å². The molecule has 0 N–H and O–H groups in total. The summed E-state index contributed by atoms with van der Waals surface area (Å²) < 4.78 is 37.9. The fourth-order valence-corrected chi connectivity index (χ4v) is 5.81. The number of benzene rings is 2. The molecule has 0 amide bonds. The van der Waals surface area contributed by atoms with Gasteiger partial charge < -0.3 is 9.15 Å². The lowest BCUT2D eigenvalue weighted by Gasteiger charge is -2.34. The summed E-state index contributed by atoms with van der Waals surface area (Å²) in [5.74, 6) is 0.603. The van der Waals surface area contributed by atoms with E-state index in [0.29, 0.717) is 49.1 Å². The van der Waals surface area contributed by atoms with Crippen molar-refractivity contribution in [1.29, 1.82) is 0 Å². The van der Waals surface area contributed by atoms with Crippen LogP contribution in [-0.4, -0.2) is 50.9 Å². The molecule has 1 aliphatic heterocycles. The maximum absolute atomic E-state index is 13.0. The van der Waals surface area contributed by atoms with Crippen molar-refractivity contribution < 1.29 is 17.6 Å². The zero-order valence-electron chi connectivity index (χ0n) is 16.7. The van der Waals surface area contributed by atoms with Crippen LogP contribution in [-0.2, 0) is 16.6 Å². The third-order valence-electron chi connectivity index (χ3n) is 5.27. The second-order valence-electron chi connectivity index (χ2n) is 7.21. The quantitative estimate of drug-likeness (QED) is 0.516. The zero-order valence-corrected chi connectivity index (χ0v) is 19.0. The van der Waals surface area contributed by atoms with E-state index < -0.39 is 15.6 Å². The number of rotatable bonds is 5. The summed E-state index contributed by atoms with van der Waals surface area (Å²) in [7, 11) is -2.20. The van der Waals surface area contributed by atoms with Gasteiger partial charge in [-0.05, 0) is 35.9 Å². The minimum absolute atomic E-state index is 0.00993. The van der Waals surface area contributed by atoms with Crippen LogP contribution in [0.25, 0.3) is 11.0 Å². The Balaban J connectivity index is 1.51. The molecule has 0 spiro atoms. The summed E-state index contributed by atoms with van der Waals surface area (Å²) in [5.41, 5.74) is 0.842. The lowest BCUT2D eigenvalue weighted by Crippen LogP contribution is -2.48. The monoisotopic (exact) mass is 482 g/mol. The van der Waals surface area contributed by atoms with Gasteiger partial charge in [0.2, 0.25) is 10.0 Å². The minimum Gasteiger partial charge on any atom is -0.497 e. The summed E-state index contributed by atoms with van der Waals surface area (Å²) >= 11 is 12.1. The molecule has 0 unspecified atom stereocenters. The normalized spacial score (nSPS) is 16.0. The van der Waals surface area contributed by atoms with Crippen molar-refractivity contribution >= 4 is 44.2 Å². The fourth-order valence-electron chi connectivity index (χ4n) is 3.65. The molecule has 31 heavy (non-hydrogen) atoms. The average molecular weight is 483 g/mol. The molecular weight excluding hydrogens is 463 g/mol. The number of sulfonamides is 1. The third kappa shape index (κ3) is 4.58. The number of methoxy groups -OCH3 is 1. The molecule has 0 atom stereocenters. The van der Waals surface area contributed by atoms with Gasteiger partial charge in [-0.25, -0.2) is 13.2 Å². The van der Waals surface area contributed by atoms with Crippen molar-refractivity contribution in [2.24, 2.45) is 0 Å². The van der Waals surface area contributed by atoms with E-state index in [0.717, 1.165) is 10.9 Å². The van der Waals surface area contributed by atoms with E-state index in [2.05, 4.69) is 4.90 Å². The minimum atomic E-state index is -3.75. The molecule has 4 rings (SSSR count). The largest absolute Gasteiger partial charge is 0.497 e. The summed E-state index contributed by atoms with van der Waals surface area (Å²) in [6.45, 7) is 2.13. The number of hydrogen-bond acceptors (Lipinski definition) is 6. The maximum Gasteiger partial charge on any atom is 0.336 e. The lowest BCUT2D eigenvalue weighted by molar-refractivity contribution is 0.182. The summed E-state index contributed by atoms with van der Waals surface area (Å²) in [6.07, 6.45) is 0. The Morgan fingerprint density at radius 3 is 2.48 bits per heavy atom. The Morgan fingerprint density at radius 1 is 1.03 bits per heavy atom. The molecule has 3 aromatic rings. The predicted molar refractivity (Wildman–Crippen MR) is 120 cm³/mol. The Kier molecular flexibility index (Phi) is 6.27. The van der Waals surface area contributed by atoms with Crippen molar-refractivity contribution in [3.05, 3.63) is 68.5 Å². The first-order valence-electron chi connectivity index (χ1n) is 9.56. The van der Waals surface area contributed by atoms with E-state index in [1.54, 1.807) is 19.2 Å². The van der Waals surface area contributed by atoms with Crippen LogP contribution in [0.2, 0.25) is 10.0 Å². The van der Waals surface area contributed by atoms with Gasteiger partial charge in [-0.3, -0.25) is 4.90 Å². The molecule has 1 fully saturated rings. The first kappa shape index (κ1) is 22.1. The number of hydrogen-bond donors (Lipinski definition) is 0. The van der Waals surface area contributed by atoms with Crippen LogP contribution < -0.4 is 10.4 Å². The Hall–Kier alpha value is -2.10. The molecule has 1 aliphatic rings. The van der Waals surface area contributed by atoms with Gasteiger partial charge in [-0.15, -0.1) is 0 Å². The Bertz CT molecular complexity index is 1280. The fraction of sp³-hybridized carbons (Fsp3) is 0.286. The molecule has 2 heterocycles. The van der Waals surface area contributed by atoms with Gasteiger partial charge in [0.15, 0.2) is 0 Å². The highest BCUT2D eigenvalue weighted by molar-refractivity contribution is 7.89. The Morgan fingerprint density at radius 2 is 1.77 bits per heavy atom. The number of ether oxygens (including phenoxy) is 1. The zero-order chi connectivity index (χ0) is 22.2. The van der Waals surface area contributed by atoms with Gasteiger partial charge in [0.05, 0.1) is 12.1 Å². The molecule has 0 radical (unpaired) electrons. The van der Waals surface area contributed by atoms with Crippen molar-refractivity contribution in [3.8, 4) is 5.75 Å². The van der Waals surface area contributed by atoms with Crippen LogP contribution in [0.5, 0.6) is 5.75 Å². The number of fused-ring (bicyclic) bond motifs is 1. The van der Waals surface area contributed by atoms with Crippen LogP contribution in [0.1, 0.15) is 5.56 Å². The van der Waals surface area contributed by atoms with Crippen LogP contribution in [0.3, 0.4) is 0 Å². The molecule has 164 valence electrons. The van der Waals surface area contributed by atoms with E-state index in [9.17, 15) is 13.2 Å². The van der Waals surface area contributed by atoms with Gasteiger partial charge in [-0.1, -0.05) is 23.2 Å². The van der Waals surface area contributed by atoms with Gasteiger partial charge in [0.25, 0.3) is 0 Å². The van der Waals surface area contributed by atoms with E-state index in [4.69, 9.17) is 32.4 Å². The highest BCUT2D eigenvalue weighted by atomic mass is 35.5. The van der Waals surface area contributed by atoms with Crippen LogP contribution in [0, 0.1) is 0 Å². The maximum atomic E-state index is 13.0. The first-order chi connectivity index (χ1) is 14.8. The molecule has 1 saturated heterocycles. The summed E-state index contributed by atoms with van der Waals surface area (Å²) in [6, 6.07) is 11.2. The first-order valence-corrected chi connectivity index (χ1v) is 11.8. The van der Waals surface area contributed by atoms with Crippen molar-refractivity contribution in [3.63, 3.8) is 0 Å². The second kappa shape index (κ2) is 8.80. The van der Waals surface area contributed by atoms with E-state index in [1.165, 1.54) is 22.5 Å². The topological polar surface area (TPSA) is 80.1 Å². The van der Waals surface area contributed by atoms with Gasteiger partial charge in [0, 0.05) is 55.3 Å². The van der Waals surface area contributed by atoms with Gasteiger partial charge in [-0.2, -0.15) is 4.31 Å². The lowest BCUT2D eigenvalue weighted by atomic mass is 10.1. The number of piperazine rings is 1. The highest BCUT2D eigenvalue weighted by Gasteiger charge is 2.30. The Labute approximate surface area is 189 Å². The summed E-state index contributed by atoms with van der Waals surface area (Å²) in [4.78, 5) is 14.1. The SMILES string of the molecule is COc1ccc2c(CN3CCN(S(=O)(=O)c4cc(Cl)ccc4Cl)CC3)cc(=O)oc2c1. The average Bonchev–Trinajstić information content (AvgIpc) is 2.75. The predicted octanol–water partition coefficient (Wildman–Crippen LogP) is 3.61. The number of nitrogens with zero attached hydrogens (tertiary/aromatic N) is 2. The van der Waals surface area contributed by atoms with E-state index in [1.807, 2.05) is 12.1 Å². The molecule has 2 aromatic carbocycles. The highest BCUT2D eigenvalue weighted by Crippen LogP contribution is 2.29. The van der Waals surface area contributed by atoms with Gasteiger partial charge >= 0.3 is 5.63 Å².